The van der Waals surface area contributed by atoms with E-state index in [4.69, 9.17) is 0 Å². The third-order valence-electron chi connectivity index (χ3n) is 2.97. The van der Waals surface area contributed by atoms with Gasteiger partial charge in [0.25, 0.3) is 0 Å². The van der Waals surface area contributed by atoms with Crippen molar-refractivity contribution >= 4 is 0 Å². The Morgan fingerprint density at radius 2 is 1.69 bits per heavy atom. The smallest absolute Gasteiger partial charge is 0.0690 e. The Morgan fingerprint density at radius 1 is 1.15 bits per heavy atom. The lowest BCUT2D eigenvalue weighted by atomic mass is 10.1. The van der Waals surface area contributed by atoms with Gasteiger partial charge in [-0.1, -0.05) is 27.2 Å². The van der Waals surface area contributed by atoms with Crippen LogP contribution < -0.4 is 0 Å². The second-order valence-electron chi connectivity index (χ2n) is 4.17. The van der Waals surface area contributed by atoms with E-state index >= 15 is 0 Å². The van der Waals surface area contributed by atoms with Crippen molar-refractivity contribution in [3.05, 3.63) is 0 Å². The topological polar surface area (TPSA) is 23.5 Å². The summed E-state index contributed by atoms with van der Waals surface area (Å²) < 4.78 is 0. The zero-order valence-electron chi connectivity index (χ0n) is 9.75. The number of hydrogen-bond donors (Lipinski definition) is 1. The molecule has 0 aromatic rings. The molecule has 0 spiro atoms. The minimum absolute atomic E-state index is 0.186. The summed E-state index contributed by atoms with van der Waals surface area (Å²) in [5.74, 6) is 0.719. The fourth-order valence-corrected chi connectivity index (χ4v) is 1.42. The molecule has 0 aliphatic carbocycles. The number of hydrogen-bond acceptors (Lipinski definition) is 2. The van der Waals surface area contributed by atoms with Gasteiger partial charge < -0.3 is 10.0 Å². The lowest BCUT2D eigenvalue weighted by Gasteiger charge is -2.30. The van der Waals surface area contributed by atoms with E-state index in [1.165, 1.54) is 6.42 Å². The number of nitrogens with zero attached hydrogens (tertiary/aromatic N) is 1. The molecule has 0 radical (unpaired) electrons. The van der Waals surface area contributed by atoms with Crippen LogP contribution in [0.3, 0.4) is 0 Å². The molecule has 13 heavy (non-hydrogen) atoms. The van der Waals surface area contributed by atoms with Gasteiger partial charge in [-0.05, 0) is 26.3 Å². The van der Waals surface area contributed by atoms with Gasteiger partial charge in [0.2, 0.25) is 0 Å². The normalized spacial score (nSPS) is 18.7. The molecule has 3 atom stereocenters. The predicted molar refractivity (Wildman–Crippen MR) is 57.8 cm³/mol. The van der Waals surface area contributed by atoms with Gasteiger partial charge >= 0.3 is 0 Å². The Bertz CT molecular complexity index is 127. The molecule has 0 aromatic heterocycles. The third-order valence-corrected chi connectivity index (χ3v) is 2.97. The van der Waals surface area contributed by atoms with Crippen molar-refractivity contribution in [2.45, 2.75) is 52.7 Å². The first-order chi connectivity index (χ1) is 6.02. The van der Waals surface area contributed by atoms with E-state index in [9.17, 15) is 5.11 Å². The van der Waals surface area contributed by atoms with E-state index in [-0.39, 0.29) is 12.1 Å². The summed E-state index contributed by atoms with van der Waals surface area (Å²) >= 11 is 0. The molecule has 3 unspecified atom stereocenters. The van der Waals surface area contributed by atoms with Gasteiger partial charge in [0.1, 0.15) is 0 Å². The molecule has 0 saturated heterocycles. The summed E-state index contributed by atoms with van der Waals surface area (Å²) in [5.41, 5.74) is 0. The van der Waals surface area contributed by atoms with E-state index in [0.717, 1.165) is 18.9 Å². The van der Waals surface area contributed by atoms with Gasteiger partial charge in [-0.3, -0.25) is 0 Å². The molecule has 0 aliphatic heterocycles. The van der Waals surface area contributed by atoms with Gasteiger partial charge in [-0.2, -0.15) is 0 Å². The van der Waals surface area contributed by atoms with Crippen molar-refractivity contribution < 1.29 is 5.11 Å². The summed E-state index contributed by atoms with van der Waals surface area (Å²) in [5, 5.41) is 9.64. The summed E-state index contributed by atoms with van der Waals surface area (Å²) in [6, 6.07) is 0.277. The molecular formula is C11H25NO. The molecular weight excluding hydrogens is 162 g/mol. The molecule has 0 aromatic carbocycles. The van der Waals surface area contributed by atoms with Crippen LogP contribution in [-0.2, 0) is 0 Å². The maximum absolute atomic E-state index is 9.64. The first kappa shape index (κ1) is 12.9. The highest BCUT2D eigenvalue weighted by molar-refractivity contribution is 4.72. The molecule has 0 heterocycles. The molecule has 0 fully saturated rings. The summed E-state index contributed by atoms with van der Waals surface area (Å²) in [6.07, 6.45) is 1.86. The highest BCUT2D eigenvalue weighted by Crippen LogP contribution is 2.09. The molecule has 2 nitrogen and oxygen atoms in total. The number of likely N-dealkylation sites (N-methyl/N-ethyl adjacent to an activating group) is 1. The lowest BCUT2D eigenvalue weighted by Crippen LogP contribution is -2.40. The molecule has 0 aliphatic rings. The molecule has 0 amide bonds. The highest BCUT2D eigenvalue weighted by atomic mass is 16.3. The van der Waals surface area contributed by atoms with E-state index < -0.39 is 0 Å². The average Bonchev–Trinajstić information content (AvgIpc) is 2.14. The summed E-state index contributed by atoms with van der Waals surface area (Å²) in [7, 11) is 2.09. The van der Waals surface area contributed by atoms with Crippen LogP contribution in [0.1, 0.15) is 40.5 Å². The van der Waals surface area contributed by atoms with E-state index in [2.05, 4.69) is 32.7 Å². The van der Waals surface area contributed by atoms with Crippen LogP contribution in [0.15, 0.2) is 0 Å². The minimum Gasteiger partial charge on any atom is -0.392 e. The van der Waals surface area contributed by atoms with Crippen LogP contribution in [0.2, 0.25) is 0 Å². The lowest BCUT2D eigenvalue weighted by molar-refractivity contribution is 0.0631. The quantitative estimate of drug-likeness (QED) is 0.688. The largest absolute Gasteiger partial charge is 0.392 e. The van der Waals surface area contributed by atoms with Gasteiger partial charge in [-0.25, -0.2) is 0 Å². The fraction of sp³-hybridized carbons (Fsp3) is 1.00. The Morgan fingerprint density at radius 3 is 2.08 bits per heavy atom. The number of aliphatic hydroxyl groups excluding tert-OH is 1. The van der Waals surface area contributed by atoms with Crippen LogP contribution in [-0.4, -0.2) is 35.7 Å². The SMILES string of the molecule is CCC(C)CN(C)C(C)C(O)CC. The van der Waals surface area contributed by atoms with Crippen LogP contribution in [0, 0.1) is 5.92 Å². The molecule has 1 N–H and O–H groups in total. The monoisotopic (exact) mass is 187 g/mol. The van der Waals surface area contributed by atoms with Crippen molar-refractivity contribution in [3.8, 4) is 0 Å². The van der Waals surface area contributed by atoms with Crippen LogP contribution in [0.4, 0.5) is 0 Å². The first-order valence-corrected chi connectivity index (χ1v) is 5.41. The van der Waals surface area contributed by atoms with E-state index in [0.29, 0.717) is 0 Å². The Balaban J connectivity index is 3.87. The second-order valence-corrected chi connectivity index (χ2v) is 4.17. The third kappa shape index (κ3) is 4.63. The second kappa shape index (κ2) is 6.39. The molecule has 2 heteroatoms. The van der Waals surface area contributed by atoms with Crippen molar-refractivity contribution in [2.75, 3.05) is 13.6 Å². The molecule has 0 bridgehead atoms. The van der Waals surface area contributed by atoms with E-state index in [1.807, 2.05) is 6.92 Å². The van der Waals surface area contributed by atoms with Crippen LogP contribution >= 0.6 is 0 Å². The van der Waals surface area contributed by atoms with Gasteiger partial charge in [-0.15, -0.1) is 0 Å². The van der Waals surface area contributed by atoms with Crippen LogP contribution in [0.25, 0.3) is 0 Å². The maximum atomic E-state index is 9.64. The summed E-state index contributed by atoms with van der Waals surface area (Å²) in [4.78, 5) is 2.25. The summed E-state index contributed by atoms with van der Waals surface area (Å²) in [6.45, 7) is 9.66. The van der Waals surface area contributed by atoms with Crippen molar-refractivity contribution in [1.29, 1.82) is 0 Å². The van der Waals surface area contributed by atoms with Gasteiger partial charge in [0.15, 0.2) is 0 Å². The minimum atomic E-state index is -0.186. The molecule has 0 rings (SSSR count). The number of rotatable bonds is 6. The van der Waals surface area contributed by atoms with Gasteiger partial charge in [0, 0.05) is 12.6 Å². The van der Waals surface area contributed by atoms with Crippen molar-refractivity contribution in [3.63, 3.8) is 0 Å². The van der Waals surface area contributed by atoms with Gasteiger partial charge in [0.05, 0.1) is 6.10 Å². The predicted octanol–water partition coefficient (Wildman–Crippen LogP) is 2.12. The first-order valence-electron chi connectivity index (χ1n) is 5.41. The van der Waals surface area contributed by atoms with E-state index in [1.54, 1.807) is 0 Å². The Kier molecular flexibility index (Phi) is 6.35. The van der Waals surface area contributed by atoms with Crippen LogP contribution in [0.5, 0.6) is 0 Å². The zero-order chi connectivity index (χ0) is 10.4. The molecule has 80 valence electrons. The van der Waals surface area contributed by atoms with Crippen molar-refractivity contribution in [2.24, 2.45) is 5.92 Å². The number of aliphatic hydroxyl groups is 1. The zero-order valence-corrected chi connectivity index (χ0v) is 9.75. The maximum Gasteiger partial charge on any atom is 0.0690 e. The standard InChI is InChI=1S/C11H25NO/c1-6-9(3)8-12(5)10(4)11(13)7-2/h9-11,13H,6-8H2,1-5H3. The average molecular weight is 187 g/mol. The highest BCUT2D eigenvalue weighted by Gasteiger charge is 2.17. The van der Waals surface area contributed by atoms with Crippen molar-refractivity contribution in [1.82, 2.24) is 4.90 Å². The molecule has 0 saturated carbocycles. The fourth-order valence-electron chi connectivity index (χ4n) is 1.42. The Labute approximate surface area is 82.9 Å². The Hall–Kier alpha value is -0.0800.